The van der Waals surface area contributed by atoms with Gasteiger partial charge in [0.15, 0.2) is 11.6 Å². The predicted octanol–water partition coefficient (Wildman–Crippen LogP) is 3.08. The minimum atomic E-state index is -0.447. The van der Waals surface area contributed by atoms with Crippen molar-refractivity contribution in [1.82, 2.24) is 0 Å². The summed E-state index contributed by atoms with van der Waals surface area (Å²) >= 11 is 5.94. The highest BCUT2D eigenvalue weighted by molar-refractivity contribution is 6.31. The molecule has 0 aliphatic heterocycles. The molecule has 0 heterocycles. The maximum atomic E-state index is 13.6. The van der Waals surface area contributed by atoms with Gasteiger partial charge >= 0.3 is 0 Å². The average molecular weight is 246 g/mol. The standard InChI is InChI=1S/C12H17ClFNO/c1-7-8(6-12(2,3)15)11(16-4)10(14)5-9(7)13/h5H,6,15H2,1-4H3. The fourth-order valence-corrected chi connectivity index (χ4v) is 1.84. The van der Waals surface area contributed by atoms with E-state index in [1.165, 1.54) is 13.2 Å². The molecule has 0 aliphatic rings. The quantitative estimate of drug-likeness (QED) is 0.888. The number of halogens is 2. The molecule has 0 radical (unpaired) electrons. The third kappa shape index (κ3) is 2.86. The zero-order valence-corrected chi connectivity index (χ0v) is 10.8. The molecule has 90 valence electrons. The third-order valence-corrected chi connectivity index (χ3v) is 2.78. The fourth-order valence-electron chi connectivity index (χ4n) is 1.63. The summed E-state index contributed by atoms with van der Waals surface area (Å²) in [5, 5.41) is 0.401. The lowest BCUT2D eigenvalue weighted by atomic mass is 9.92. The van der Waals surface area contributed by atoms with E-state index in [9.17, 15) is 4.39 Å². The minimum absolute atomic E-state index is 0.237. The van der Waals surface area contributed by atoms with Crippen molar-refractivity contribution in [2.75, 3.05) is 7.11 Å². The topological polar surface area (TPSA) is 35.2 Å². The van der Waals surface area contributed by atoms with Gasteiger partial charge in [0.05, 0.1) is 7.11 Å². The van der Waals surface area contributed by atoms with E-state index in [0.717, 1.165) is 11.1 Å². The third-order valence-electron chi connectivity index (χ3n) is 2.39. The van der Waals surface area contributed by atoms with E-state index in [0.29, 0.717) is 11.4 Å². The SMILES string of the molecule is COc1c(F)cc(Cl)c(C)c1CC(C)(C)N. The van der Waals surface area contributed by atoms with Crippen LogP contribution in [0.5, 0.6) is 5.75 Å². The average Bonchev–Trinajstić information content (AvgIpc) is 2.12. The first-order valence-corrected chi connectivity index (χ1v) is 5.44. The molecule has 0 aliphatic carbocycles. The molecule has 0 fully saturated rings. The molecule has 0 unspecified atom stereocenters. The first-order valence-electron chi connectivity index (χ1n) is 5.06. The molecule has 1 aromatic carbocycles. The first kappa shape index (κ1) is 13.3. The van der Waals surface area contributed by atoms with Crippen molar-refractivity contribution in [2.24, 2.45) is 5.73 Å². The molecule has 0 bridgehead atoms. The Hall–Kier alpha value is -0.800. The van der Waals surface area contributed by atoms with Gasteiger partial charge in [0.1, 0.15) is 0 Å². The predicted molar refractivity (Wildman–Crippen MR) is 64.7 cm³/mol. The molecule has 0 spiro atoms. The number of hydrogen-bond donors (Lipinski definition) is 1. The summed E-state index contributed by atoms with van der Waals surface area (Å²) in [6.07, 6.45) is 0.513. The lowest BCUT2D eigenvalue weighted by Gasteiger charge is -2.22. The van der Waals surface area contributed by atoms with Crippen molar-refractivity contribution in [3.8, 4) is 5.75 Å². The Morgan fingerprint density at radius 1 is 1.50 bits per heavy atom. The van der Waals surface area contributed by atoms with Gasteiger partial charge in [0.2, 0.25) is 0 Å². The van der Waals surface area contributed by atoms with E-state index < -0.39 is 11.4 Å². The zero-order chi connectivity index (χ0) is 12.5. The van der Waals surface area contributed by atoms with E-state index in [2.05, 4.69) is 0 Å². The second-order valence-corrected chi connectivity index (χ2v) is 5.05. The highest BCUT2D eigenvalue weighted by Crippen LogP contribution is 2.33. The van der Waals surface area contributed by atoms with Crippen molar-refractivity contribution in [3.05, 3.63) is 28.0 Å². The molecule has 0 amide bonds. The molecule has 1 rings (SSSR count). The number of hydrogen-bond acceptors (Lipinski definition) is 2. The molecule has 2 N–H and O–H groups in total. The first-order chi connectivity index (χ1) is 7.26. The summed E-state index contributed by atoms with van der Waals surface area (Å²) in [5.41, 5.74) is 7.06. The van der Waals surface area contributed by atoms with Crippen LogP contribution >= 0.6 is 11.6 Å². The van der Waals surface area contributed by atoms with Crippen molar-refractivity contribution >= 4 is 11.6 Å². The Bertz CT molecular complexity index is 399. The van der Waals surface area contributed by atoms with Gasteiger partial charge < -0.3 is 10.5 Å². The summed E-state index contributed by atoms with van der Waals surface area (Å²) in [5.74, 6) is -0.210. The smallest absolute Gasteiger partial charge is 0.166 e. The van der Waals surface area contributed by atoms with E-state index >= 15 is 0 Å². The zero-order valence-electron chi connectivity index (χ0n) is 10.0. The summed E-state index contributed by atoms with van der Waals surface area (Å²) < 4.78 is 18.7. The van der Waals surface area contributed by atoms with Crippen LogP contribution in [0.4, 0.5) is 4.39 Å². The molecule has 0 saturated heterocycles. The van der Waals surface area contributed by atoms with Gasteiger partial charge in [0.25, 0.3) is 0 Å². The summed E-state index contributed by atoms with van der Waals surface area (Å²) in [6, 6.07) is 1.27. The van der Waals surface area contributed by atoms with Gasteiger partial charge in [-0.1, -0.05) is 11.6 Å². The van der Waals surface area contributed by atoms with Crippen molar-refractivity contribution in [1.29, 1.82) is 0 Å². The molecule has 0 aromatic heterocycles. The number of nitrogens with two attached hydrogens (primary N) is 1. The lowest BCUT2D eigenvalue weighted by Crippen LogP contribution is -2.35. The van der Waals surface area contributed by atoms with E-state index in [-0.39, 0.29) is 5.75 Å². The van der Waals surface area contributed by atoms with Gasteiger partial charge in [0, 0.05) is 16.1 Å². The van der Waals surface area contributed by atoms with E-state index in [1.54, 1.807) is 0 Å². The van der Waals surface area contributed by atoms with Crippen LogP contribution in [0.15, 0.2) is 6.07 Å². The normalized spacial score (nSPS) is 11.7. The summed E-state index contributed by atoms with van der Waals surface area (Å²) in [7, 11) is 1.44. The van der Waals surface area contributed by atoms with Crippen molar-refractivity contribution in [2.45, 2.75) is 32.7 Å². The Balaban J connectivity index is 3.33. The van der Waals surface area contributed by atoms with Crippen LogP contribution in [0.25, 0.3) is 0 Å². The minimum Gasteiger partial charge on any atom is -0.493 e. The van der Waals surface area contributed by atoms with Crippen LogP contribution < -0.4 is 10.5 Å². The monoisotopic (exact) mass is 245 g/mol. The molecular weight excluding hydrogens is 229 g/mol. The van der Waals surface area contributed by atoms with E-state index in [4.69, 9.17) is 22.1 Å². The van der Waals surface area contributed by atoms with Crippen LogP contribution in [0.2, 0.25) is 5.02 Å². The number of methoxy groups -OCH3 is 1. The van der Waals surface area contributed by atoms with Gasteiger partial charge in [-0.05, 0) is 38.8 Å². The second kappa shape index (κ2) is 4.60. The lowest BCUT2D eigenvalue weighted by molar-refractivity contribution is 0.375. The summed E-state index contributed by atoms with van der Waals surface area (Å²) in [6.45, 7) is 5.60. The van der Waals surface area contributed by atoms with Crippen LogP contribution in [-0.2, 0) is 6.42 Å². The molecule has 0 atom stereocenters. The Morgan fingerprint density at radius 3 is 2.50 bits per heavy atom. The van der Waals surface area contributed by atoms with Gasteiger partial charge in [-0.2, -0.15) is 0 Å². The Kier molecular flexibility index (Phi) is 3.81. The Labute approximate surface area is 101 Å². The van der Waals surface area contributed by atoms with E-state index in [1.807, 2.05) is 20.8 Å². The summed E-state index contributed by atoms with van der Waals surface area (Å²) in [4.78, 5) is 0. The van der Waals surface area contributed by atoms with Crippen LogP contribution in [-0.4, -0.2) is 12.6 Å². The molecular formula is C12H17ClFNO. The van der Waals surface area contributed by atoms with Crippen LogP contribution in [0.1, 0.15) is 25.0 Å². The number of ether oxygens (including phenoxy) is 1. The van der Waals surface area contributed by atoms with Gasteiger partial charge in [-0.15, -0.1) is 0 Å². The highest BCUT2D eigenvalue weighted by atomic mass is 35.5. The van der Waals surface area contributed by atoms with Gasteiger partial charge in [-0.3, -0.25) is 0 Å². The van der Waals surface area contributed by atoms with Crippen LogP contribution in [0, 0.1) is 12.7 Å². The van der Waals surface area contributed by atoms with Crippen molar-refractivity contribution in [3.63, 3.8) is 0 Å². The maximum absolute atomic E-state index is 13.6. The number of rotatable bonds is 3. The fraction of sp³-hybridized carbons (Fsp3) is 0.500. The second-order valence-electron chi connectivity index (χ2n) is 4.64. The largest absolute Gasteiger partial charge is 0.493 e. The Morgan fingerprint density at radius 2 is 2.06 bits per heavy atom. The number of benzene rings is 1. The molecule has 0 saturated carbocycles. The molecule has 1 aromatic rings. The molecule has 2 nitrogen and oxygen atoms in total. The van der Waals surface area contributed by atoms with Crippen molar-refractivity contribution < 1.29 is 9.13 Å². The van der Waals surface area contributed by atoms with Gasteiger partial charge in [-0.25, -0.2) is 4.39 Å². The molecule has 4 heteroatoms. The maximum Gasteiger partial charge on any atom is 0.166 e. The highest BCUT2D eigenvalue weighted by Gasteiger charge is 2.21. The van der Waals surface area contributed by atoms with Crippen LogP contribution in [0.3, 0.4) is 0 Å². The molecule has 16 heavy (non-hydrogen) atoms.